The molecule has 0 saturated heterocycles. The lowest BCUT2D eigenvalue weighted by Crippen LogP contribution is -2.47. The summed E-state index contributed by atoms with van der Waals surface area (Å²) < 4.78 is 10.9. The number of fused-ring (bicyclic) bond motifs is 1. The highest BCUT2D eigenvalue weighted by atomic mass is 32.1. The SMILES string of the molecule is CCCOC(=O)CN1C(=O)C(C)Oc2ccc(-c3nc(-c4ccccn4)sc3C)cc21. The normalized spacial score (nSPS) is 15.4. The van der Waals surface area contributed by atoms with Gasteiger partial charge in [0.2, 0.25) is 0 Å². The minimum absolute atomic E-state index is 0.155. The van der Waals surface area contributed by atoms with E-state index in [-0.39, 0.29) is 12.5 Å². The van der Waals surface area contributed by atoms with E-state index in [1.807, 2.05) is 50.2 Å². The molecular formula is C23H23N3O4S. The maximum atomic E-state index is 12.8. The van der Waals surface area contributed by atoms with Gasteiger partial charge in [-0.15, -0.1) is 11.3 Å². The molecule has 31 heavy (non-hydrogen) atoms. The fourth-order valence-corrected chi connectivity index (χ4v) is 4.28. The summed E-state index contributed by atoms with van der Waals surface area (Å²) in [5, 5.41) is 0.826. The second-order valence-corrected chi connectivity index (χ2v) is 8.43. The van der Waals surface area contributed by atoms with Gasteiger partial charge in [0.25, 0.3) is 5.91 Å². The van der Waals surface area contributed by atoms with Crippen molar-refractivity contribution in [3.63, 3.8) is 0 Å². The zero-order valence-corrected chi connectivity index (χ0v) is 18.4. The van der Waals surface area contributed by atoms with Gasteiger partial charge in [-0.1, -0.05) is 13.0 Å². The summed E-state index contributed by atoms with van der Waals surface area (Å²) in [5.41, 5.74) is 3.01. The molecule has 1 amide bonds. The third-order valence-electron chi connectivity index (χ3n) is 4.88. The molecule has 1 aromatic carbocycles. The van der Waals surface area contributed by atoms with E-state index in [0.29, 0.717) is 18.0 Å². The summed E-state index contributed by atoms with van der Waals surface area (Å²) in [4.78, 5) is 36.6. The maximum absolute atomic E-state index is 12.8. The molecule has 1 aliphatic rings. The Balaban J connectivity index is 1.69. The first-order valence-electron chi connectivity index (χ1n) is 10.1. The van der Waals surface area contributed by atoms with Crippen molar-refractivity contribution in [2.24, 2.45) is 0 Å². The summed E-state index contributed by atoms with van der Waals surface area (Å²) in [6.07, 6.45) is 1.79. The van der Waals surface area contributed by atoms with Crippen LogP contribution in [0.5, 0.6) is 5.75 Å². The summed E-state index contributed by atoms with van der Waals surface area (Å²) in [7, 11) is 0. The van der Waals surface area contributed by atoms with Crippen LogP contribution in [0.1, 0.15) is 25.1 Å². The monoisotopic (exact) mass is 437 g/mol. The Bertz CT molecular complexity index is 1110. The van der Waals surface area contributed by atoms with Gasteiger partial charge in [0, 0.05) is 16.6 Å². The first kappa shape index (κ1) is 21.0. The number of aryl methyl sites for hydroxylation is 1. The standard InChI is InChI=1S/C23H23N3O4S/c1-4-11-29-20(27)13-26-18-12-16(8-9-19(18)30-14(2)23(26)28)21-15(3)31-22(25-21)17-7-5-6-10-24-17/h5-10,12,14H,4,11,13H2,1-3H3. The van der Waals surface area contributed by atoms with E-state index in [4.69, 9.17) is 14.5 Å². The average molecular weight is 438 g/mol. The number of nitrogens with zero attached hydrogens (tertiary/aromatic N) is 3. The second kappa shape index (κ2) is 8.85. The van der Waals surface area contributed by atoms with Crippen LogP contribution in [-0.4, -0.2) is 41.1 Å². The van der Waals surface area contributed by atoms with Crippen molar-refractivity contribution in [1.82, 2.24) is 9.97 Å². The van der Waals surface area contributed by atoms with Crippen molar-refractivity contribution in [1.29, 1.82) is 0 Å². The molecule has 0 N–H and O–H groups in total. The van der Waals surface area contributed by atoms with E-state index >= 15 is 0 Å². The van der Waals surface area contributed by atoms with Crippen molar-refractivity contribution < 1.29 is 19.1 Å². The van der Waals surface area contributed by atoms with Crippen molar-refractivity contribution in [3.05, 3.63) is 47.5 Å². The maximum Gasteiger partial charge on any atom is 0.326 e. The fraction of sp³-hybridized carbons (Fsp3) is 0.304. The molecule has 3 aromatic rings. The molecular weight excluding hydrogens is 414 g/mol. The van der Waals surface area contributed by atoms with Gasteiger partial charge < -0.3 is 9.47 Å². The summed E-state index contributed by atoms with van der Waals surface area (Å²) in [6.45, 7) is 5.77. The largest absolute Gasteiger partial charge is 0.479 e. The molecule has 0 saturated carbocycles. The number of carbonyl (C=O) groups is 2. The molecule has 2 aromatic heterocycles. The lowest BCUT2D eigenvalue weighted by molar-refractivity contribution is -0.143. The van der Waals surface area contributed by atoms with Gasteiger partial charge in [-0.05, 0) is 50.6 Å². The lowest BCUT2D eigenvalue weighted by atomic mass is 10.1. The summed E-state index contributed by atoms with van der Waals surface area (Å²) in [5.74, 6) is -0.165. The van der Waals surface area contributed by atoms with E-state index in [9.17, 15) is 9.59 Å². The Morgan fingerprint density at radius 1 is 1.29 bits per heavy atom. The molecule has 1 unspecified atom stereocenters. The van der Waals surface area contributed by atoms with E-state index in [1.54, 1.807) is 24.5 Å². The molecule has 1 atom stereocenters. The number of esters is 1. The first-order chi connectivity index (χ1) is 15.0. The lowest BCUT2D eigenvalue weighted by Gasteiger charge is -2.32. The van der Waals surface area contributed by atoms with Crippen LogP contribution in [0.4, 0.5) is 5.69 Å². The van der Waals surface area contributed by atoms with Crippen LogP contribution in [0.15, 0.2) is 42.6 Å². The number of anilines is 1. The summed E-state index contributed by atoms with van der Waals surface area (Å²) >= 11 is 1.56. The number of amides is 1. The predicted molar refractivity (Wildman–Crippen MR) is 119 cm³/mol. The number of carbonyl (C=O) groups excluding carboxylic acids is 2. The van der Waals surface area contributed by atoms with Crippen LogP contribution in [0, 0.1) is 6.92 Å². The molecule has 8 heteroatoms. The smallest absolute Gasteiger partial charge is 0.326 e. The molecule has 160 valence electrons. The van der Waals surface area contributed by atoms with Crippen LogP contribution >= 0.6 is 11.3 Å². The minimum Gasteiger partial charge on any atom is -0.479 e. The van der Waals surface area contributed by atoms with Gasteiger partial charge in [-0.25, -0.2) is 4.98 Å². The zero-order valence-electron chi connectivity index (χ0n) is 17.6. The Kier molecular flexibility index (Phi) is 5.99. The average Bonchev–Trinajstić information content (AvgIpc) is 3.17. The molecule has 3 heterocycles. The van der Waals surface area contributed by atoms with Crippen LogP contribution in [-0.2, 0) is 14.3 Å². The van der Waals surface area contributed by atoms with Crippen LogP contribution in [0.25, 0.3) is 22.0 Å². The second-order valence-electron chi connectivity index (χ2n) is 7.23. The van der Waals surface area contributed by atoms with Gasteiger partial charge in [0.1, 0.15) is 17.3 Å². The fourth-order valence-electron chi connectivity index (χ4n) is 3.37. The number of thiazole rings is 1. The van der Waals surface area contributed by atoms with Crippen LogP contribution in [0.2, 0.25) is 0 Å². The molecule has 0 radical (unpaired) electrons. The molecule has 0 aliphatic carbocycles. The van der Waals surface area contributed by atoms with Gasteiger partial charge >= 0.3 is 5.97 Å². The zero-order chi connectivity index (χ0) is 22.0. The molecule has 7 nitrogen and oxygen atoms in total. The van der Waals surface area contributed by atoms with Gasteiger partial charge in [-0.3, -0.25) is 19.5 Å². The molecule has 0 spiro atoms. The molecule has 4 rings (SSSR count). The Labute approximate surface area is 184 Å². The summed E-state index contributed by atoms with van der Waals surface area (Å²) in [6, 6.07) is 11.3. The van der Waals surface area contributed by atoms with Crippen LogP contribution in [0.3, 0.4) is 0 Å². The highest BCUT2D eigenvalue weighted by Gasteiger charge is 2.33. The number of rotatable bonds is 6. The Morgan fingerprint density at radius 3 is 2.87 bits per heavy atom. The number of pyridine rings is 1. The highest BCUT2D eigenvalue weighted by Crippen LogP contribution is 2.39. The quantitative estimate of drug-likeness (QED) is 0.537. The first-order valence-corrected chi connectivity index (χ1v) is 11.0. The molecule has 0 bridgehead atoms. The van der Waals surface area contributed by atoms with Crippen molar-refractivity contribution in [2.75, 3.05) is 18.1 Å². The van der Waals surface area contributed by atoms with Gasteiger partial charge in [0.15, 0.2) is 6.10 Å². The Morgan fingerprint density at radius 2 is 2.13 bits per heavy atom. The number of hydrogen-bond donors (Lipinski definition) is 0. The van der Waals surface area contributed by atoms with E-state index < -0.39 is 12.1 Å². The van der Waals surface area contributed by atoms with E-state index in [2.05, 4.69) is 4.98 Å². The topological polar surface area (TPSA) is 81.6 Å². The number of ether oxygens (including phenoxy) is 2. The van der Waals surface area contributed by atoms with Crippen molar-refractivity contribution >= 4 is 28.9 Å². The van der Waals surface area contributed by atoms with Gasteiger partial charge in [0.05, 0.1) is 23.7 Å². The Hall–Kier alpha value is -3.26. The number of benzene rings is 1. The molecule has 1 aliphatic heterocycles. The minimum atomic E-state index is -0.672. The van der Waals surface area contributed by atoms with E-state index in [0.717, 1.165) is 33.3 Å². The third-order valence-corrected chi connectivity index (χ3v) is 5.87. The third kappa shape index (κ3) is 4.29. The van der Waals surface area contributed by atoms with Crippen molar-refractivity contribution in [3.8, 4) is 27.7 Å². The van der Waals surface area contributed by atoms with Crippen LogP contribution < -0.4 is 9.64 Å². The number of aromatic nitrogens is 2. The van der Waals surface area contributed by atoms with E-state index in [1.165, 1.54) is 4.90 Å². The highest BCUT2D eigenvalue weighted by molar-refractivity contribution is 7.15. The predicted octanol–water partition coefficient (Wildman–Crippen LogP) is 4.25. The number of hydrogen-bond acceptors (Lipinski definition) is 7. The van der Waals surface area contributed by atoms with Gasteiger partial charge in [-0.2, -0.15) is 0 Å². The molecule has 0 fully saturated rings. The van der Waals surface area contributed by atoms with Crippen molar-refractivity contribution in [2.45, 2.75) is 33.3 Å².